The second-order valence-electron chi connectivity index (χ2n) is 7.54. The van der Waals surface area contributed by atoms with E-state index in [1.807, 2.05) is 24.3 Å². The third kappa shape index (κ3) is 4.07. The van der Waals surface area contributed by atoms with Gasteiger partial charge < -0.3 is 14.5 Å². The van der Waals surface area contributed by atoms with Gasteiger partial charge in [0, 0.05) is 38.3 Å². The highest BCUT2D eigenvalue weighted by atomic mass is 16.5. The zero-order valence-corrected chi connectivity index (χ0v) is 17.2. The number of likely N-dealkylation sites (N-methyl/N-ethyl adjacent to an activating group) is 1. The average molecular weight is 386 g/mol. The van der Waals surface area contributed by atoms with Gasteiger partial charge in [-0.1, -0.05) is 44.4 Å². The predicted molar refractivity (Wildman–Crippen MR) is 110 cm³/mol. The second kappa shape index (κ2) is 9.24. The lowest BCUT2D eigenvalue weighted by molar-refractivity contribution is -0.137. The van der Waals surface area contributed by atoms with Crippen molar-refractivity contribution in [3.05, 3.63) is 35.5 Å². The first-order valence-electron chi connectivity index (χ1n) is 10.3. The summed E-state index contributed by atoms with van der Waals surface area (Å²) in [6.07, 6.45) is 4.12. The van der Waals surface area contributed by atoms with Gasteiger partial charge in [-0.2, -0.15) is 0 Å². The van der Waals surface area contributed by atoms with E-state index >= 15 is 0 Å². The van der Waals surface area contributed by atoms with Crippen LogP contribution in [0, 0.1) is 0 Å². The number of hydrogen-bond donors (Lipinski definition) is 0. The van der Waals surface area contributed by atoms with Crippen LogP contribution in [0.2, 0.25) is 0 Å². The van der Waals surface area contributed by atoms with Crippen molar-refractivity contribution >= 4 is 17.4 Å². The first-order valence-corrected chi connectivity index (χ1v) is 10.3. The van der Waals surface area contributed by atoms with Gasteiger partial charge in [-0.15, -0.1) is 0 Å². The molecule has 0 unspecified atom stereocenters. The number of imide groups is 1. The topological polar surface area (TPSA) is 53.1 Å². The van der Waals surface area contributed by atoms with Gasteiger partial charge in [0.1, 0.15) is 11.4 Å². The summed E-state index contributed by atoms with van der Waals surface area (Å²) in [5, 5.41) is 0. The van der Waals surface area contributed by atoms with Crippen molar-refractivity contribution in [1.82, 2.24) is 14.7 Å². The number of carbonyl (C=O) groups is 2. The summed E-state index contributed by atoms with van der Waals surface area (Å²) in [7, 11) is 3.67. The zero-order chi connectivity index (χ0) is 20.1. The molecule has 0 saturated carbocycles. The first-order chi connectivity index (χ1) is 13.6. The smallest absolute Gasteiger partial charge is 0.277 e. The number of piperazine rings is 1. The molecule has 1 aromatic rings. The fourth-order valence-corrected chi connectivity index (χ4v) is 3.88. The van der Waals surface area contributed by atoms with E-state index in [-0.39, 0.29) is 11.8 Å². The number of nitrogens with zero attached hydrogens (tertiary/aromatic N) is 3. The number of carbonyl (C=O) groups excluding carboxylic acids is 2. The van der Waals surface area contributed by atoms with E-state index in [1.165, 1.54) is 4.90 Å². The highest BCUT2D eigenvalue weighted by molar-refractivity contribution is 6.36. The molecule has 1 fully saturated rings. The Bertz CT molecular complexity index is 751. The lowest BCUT2D eigenvalue weighted by atomic mass is 10.0. The molecule has 6 nitrogen and oxygen atoms in total. The maximum absolute atomic E-state index is 13.3. The molecule has 6 heteroatoms. The van der Waals surface area contributed by atoms with Crippen LogP contribution in [-0.4, -0.2) is 73.4 Å². The van der Waals surface area contributed by atoms with Crippen molar-refractivity contribution in [2.75, 3.05) is 46.9 Å². The molecule has 0 bridgehead atoms. The molecule has 0 aliphatic carbocycles. The van der Waals surface area contributed by atoms with Crippen LogP contribution in [-0.2, 0) is 9.59 Å². The summed E-state index contributed by atoms with van der Waals surface area (Å²) in [5.74, 6) is 0.269. The van der Waals surface area contributed by atoms with Gasteiger partial charge in [0.05, 0.1) is 12.7 Å². The van der Waals surface area contributed by atoms with Crippen molar-refractivity contribution in [1.29, 1.82) is 0 Å². The van der Waals surface area contributed by atoms with Crippen molar-refractivity contribution in [3.8, 4) is 5.75 Å². The van der Waals surface area contributed by atoms with Gasteiger partial charge in [0.15, 0.2) is 0 Å². The summed E-state index contributed by atoms with van der Waals surface area (Å²) in [5.41, 5.74) is 1.73. The van der Waals surface area contributed by atoms with Gasteiger partial charge in [0.25, 0.3) is 11.8 Å². The van der Waals surface area contributed by atoms with E-state index in [2.05, 4.69) is 23.8 Å². The summed E-state index contributed by atoms with van der Waals surface area (Å²) >= 11 is 0. The van der Waals surface area contributed by atoms with Gasteiger partial charge in [-0.05, 0) is 19.5 Å². The Morgan fingerprint density at radius 2 is 1.68 bits per heavy atom. The highest BCUT2D eigenvalue weighted by Gasteiger charge is 2.42. The molecule has 1 saturated heterocycles. The molecule has 0 aromatic heterocycles. The van der Waals surface area contributed by atoms with Crippen LogP contribution in [0.4, 0.5) is 0 Å². The Labute approximate surface area is 167 Å². The molecule has 2 heterocycles. The molecule has 2 aliphatic heterocycles. The maximum Gasteiger partial charge on any atom is 0.277 e. The largest absolute Gasteiger partial charge is 0.496 e. The summed E-state index contributed by atoms with van der Waals surface area (Å²) < 4.78 is 5.50. The van der Waals surface area contributed by atoms with Gasteiger partial charge in [0.2, 0.25) is 0 Å². The van der Waals surface area contributed by atoms with Crippen molar-refractivity contribution in [2.45, 2.75) is 32.6 Å². The Morgan fingerprint density at radius 3 is 2.36 bits per heavy atom. The summed E-state index contributed by atoms with van der Waals surface area (Å²) in [4.78, 5) is 32.4. The molecule has 0 spiro atoms. The van der Waals surface area contributed by atoms with E-state index < -0.39 is 0 Å². The Balaban J connectivity index is 1.95. The Morgan fingerprint density at radius 1 is 0.964 bits per heavy atom. The van der Waals surface area contributed by atoms with Crippen LogP contribution >= 0.6 is 0 Å². The van der Waals surface area contributed by atoms with Crippen molar-refractivity contribution < 1.29 is 14.3 Å². The molecule has 1 aromatic carbocycles. The van der Waals surface area contributed by atoms with E-state index in [4.69, 9.17) is 4.74 Å². The normalized spacial score (nSPS) is 18.4. The molecule has 28 heavy (non-hydrogen) atoms. The van der Waals surface area contributed by atoms with E-state index in [1.54, 1.807) is 7.11 Å². The first kappa shape index (κ1) is 20.4. The summed E-state index contributed by atoms with van der Waals surface area (Å²) in [6, 6.07) is 7.47. The average Bonchev–Trinajstić information content (AvgIpc) is 2.96. The number of para-hydroxylation sites is 1. The third-order valence-corrected chi connectivity index (χ3v) is 5.57. The van der Waals surface area contributed by atoms with Gasteiger partial charge in [-0.3, -0.25) is 14.5 Å². The van der Waals surface area contributed by atoms with Crippen LogP contribution in [0.3, 0.4) is 0 Å². The summed E-state index contributed by atoms with van der Waals surface area (Å²) in [6.45, 7) is 5.87. The highest BCUT2D eigenvalue weighted by Crippen LogP contribution is 2.36. The van der Waals surface area contributed by atoms with E-state index in [9.17, 15) is 9.59 Å². The van der Waals surface area contributed by atoms with Crippen LogP contribution in [0.15, 0.2) is 30.0 Å². The number of methoxy groups -OCH3 is 1. The van der Waals surface area contributed by atoms with E-state index in [0.717, 1.165) is 51.9 Å². The van der Waals surface area contributed by atoms with Gasteiger partial charge in [-0.25, -0.2) is 0 Å². The van der Waals surface area contributed by atoms with E-state index in [0.29, 0.717) is 29.1 Å². The Kier molecular flexibility index (Phi) is 6.73. The molecule has 152 valence electrons. The third-order valence-electron chi connectivity index (χ3n) is 5.57. The van der Waals surface area contributed by atoms with Crippen LogP contribution in [0.5, 0.6) is 5.75 Å². The molecule has 2 amide bonds. The number of hydrogen-bond acceptors (Lipinski definition) is 5. The maximum atomic E-state index is 13.3. The number of rotatable bonds is 8. The standard InChI is InChI=1S/C22H31N3O3/c1-4-5-6-9-12-25-21(26)19(17-10-7-8-11-18(17)28-3)20(22(25)27)24-15-13-23(2)14-16-24/h7-8,10-11H,4-6,9,12-16H2,1-3H3. The monoisotopic (exact) mass is 385 g/mol. The lowest BCUT2D eigenvalue weighted by Gasteiger charge is -2.34. The number of amides is 2. The lowest BCUT2D eigenvalue weighted by Crippen LogP contribution is -2.46. The quantitative estimate of drug-likeness (QED) is 0.509. The van der Waals surface area contributed by atoms with Crippen molar-refractivity contribution in [3.63, 3.8) is 0 Å². The molecule has 2 aliphatic rings. The minimum absolute atomic E-state index is 0.160. The Hall–Kier alpha value is -2.34. The number of benzene rings is 1. The van der Waals surface area contributed by atoms with Crippen molar-refractivity contribution in [2.24, 2.45) is 0 Å². The van der Waals surface area contributed by atoms with Crippen LogP contribution < -0.4 is 4.74 Å². The molecule has 3 rings (SSSR count). The number of ether oxygens (including phenoxy) is 1. The predicted octanol–water partition coefficient (Wildman–Crippen LogP) is 2.60. The molecular formula is C22H31N3O3. The molecule has 0 atom stereocenters. The zero-order valence-electron chi connectivity index (χ0n) is 17.2. The second-order valence-corrected chi connectivity index (χ2v) is 7.54. The minimum Gasteiger partial charge on any atom is -0.496 e. The fourth-order valence-electron chi connectivity index (χ4n) is 3.88. The number of unbranched alkanes of at least 4 members (excludes halogenated alkanes) is 3. The molecule has 0 radical (unpaired) electrons. The SMILES string of the molecule is CCCCCCN1C(=O)C(c2ccccc2OC)=C(N2CCN(C)CC2)C1=O. The molecule has 0 N–H and O–H groups in total. The van der Waals surface area contributed by atoms with Crippen LogP contribution in [0.25, 0.3) is 5.57 Å². The molecular weight excluding hydrogens is 354 g/mol. The van der Waals surface area contributed by atoms with Gasteiger partial charge >= 0.3 is 0 Å². The fraction of sp³-hybridized carbons (Fsp3) is 0.545. The minimum atomic E-state index is -0.195. The van der Waals surface area contributed by atoms with Crippen LogP contribution in [0.1, 0.15) is 38.2 Å².